The number of carbonyl (C=O) groups excluding carboxylic acids is 3. The third-order valence-corrected chi connectivity index (χ3v) is 3.54. The molecule has 0 aliphatic rings. The molecule has 1 heterocycles. The van der Waals surface area contributed by atoms with Crippen LogP contribution in [0.2, 0.25) is 0 Å². The minimum atomic E-state index is -0.538. The van der Waals surface area contributed by atoms with Crippen molar-refractivity contribution in [1.82, 2.24) is 5.32 Å². The van der Waals surface area contributed by atoms with Gasteiger partial charge in [0.2, 0.25) is 0 Å². The van der Waals surface area contributed by atoms with E-state index in [0.717, 1.165) is 0 Å². The molecule has 2 aromatic rings. The zero-order valence-electron chi connectivity index (χ0n) is 11.8. The molecule has 0 bridgehead atoms. The smallest absolute Gasteiger partial charge is 0.348 e. The van der Waals surface area contributed by atoms with Gasteiger partial charge in [-0.15, -0.1) is 11.3 Å². The SMILES string of the molecule is CNC(=O)c1cccc(NC(=O)COC(=O)c2cccs2)c1. The van der Waals surface area contributed by atoms with Crippen molar-refractivity contribution in [3.8, 4) is 0 Å². The predicted octanol–water partition coefficient (Wildman–Crippen LogP) is 1.90. The van der Waals surface area contributed by atoms with Gasteiger partial charge in [-0.25, -0.2) is 4.79 Å². The average molecular weight is 318 g/mol. The van der Waals surface area contributed by atoms with Gasteiger partial charge in [-0.2, -0.15) is 0 Å². The predicted molar refractivity (Wildman–Crippen MR) is 83.1 cm³/mol. The summed E-state index contributed by atoms with van der Waals surface area (Å²) in [6, 6.07) is 9.82. The monoisotopic (exact) mass is 318 g/mol. The summed E-state index contributed by atoms with van der Waals surface area (Å²) in [6.07, 6.45) is 0. The highest BCUT2D eigenvalue weighted by molar-refractivity contribution is 7.11. The van der Waals surface area contributed by atoms with Gasteiger partial charge in [0, 0.05) is 18.3 Å². The fraction of sp³-hybridized carbons (Fsp3) is 0.133. The number of carbonyl (C=O) groups is 3. The summed E-state index contributed by atoms with van der Waals surface area (Å²) in [5.74, 6) is -1.26. The molecule has 114 valence electrons. The molecule has 1 aromatic carbocycles. The summed E-state index contributed by atoms with van der Waals surface area (Å²) >= 11 is 1.24. The van der Waals surface area contributed by atoms with E-state index in [2.05, 4.69) is 10.6 Å². The highest BCUT2D eigenvalue weighted by atomic mass is 32.1. The van der Waals surface area contributed by atoms with Gasteiger partial charge in [0.25, 0.3) is 11.8 Å². The molecule has 2 rings (SSSR count). The standard InChI is InChI=1S/C15H14N2O4S/c1-16-14(19)10-4-2-5-11(8-10)17-13(18)9-21-15(20)12-6-3-7-22-12/h2-8H,9H2,1H3,(H,16,19)(H,17,18). The normalized spacial score (nSPS) is 9.86. The fourth-order valence-corrected chi connectivity index (χ4v) is 2.29. The van der Waals surface area contributed by atoms with E-state index in [4.69, 9.17) is 4.74 Å². The van der Waals surface area contributed by atoms with E-state index < -0.39 is 11.9 Å². The molecule has 1 aromatic heterocycles. The first kappa shape index (κ1) is 15.7. The third kappa shape index (κ3) is 4.16. The summed E-state index contributed by atoms with van der Waals surface area (Å²) < 4.78 is 4.90. The Morgan fingerprint density at radius 2 is 2.00 bits per heavy atom. The molecule has 2 amide bonds. The minimum Gasteiger partial charge on any atom is -0.451 e. The highest BCUT2D eigenvalue weighted by Gasteiger charge is 2.11. The lowest BCUT2D eigenvalue weighted by atomic mass is 10.2. The number of ether oxygens (including phenoxy) is 1. The van der Waals surface area contributed by atoms with Crippen molar-refractivity contribution in [2.75, 3.05) is 19.0 Å². The topological polar surface area (TPSA) is 84.5 Å². The van der Waals surface area contributed by atoms with Crippen molar-refractivity contribution in [1.29, 1.82) is 0 Å². The zero-order valence-corrected chi connectivity index (χ0v) is 12.6. The van der Waals surface area contributed by atoms with Crippen LogP contribution in [-0.4, -0.2) is 31.4 Å². The molecular formula is C15H14N2O4S. The van der Waals surface area contributed by atoms with Gasteiger partial charge >= 0.3 is 5.97 Å². The Hall–Kier alpha value is -2.67. The van der Waals surface area contributed by atoms with E-state index in [0.29, 0.717) is 16.1 Å². The van der Waals surface area contributed by atoms with Crippen molar-refractivity contribution in [2.45, 2.75) is 0 Å². The molecule has 0 fully saturated rings. The minimum absolute atomic E-state index is 0.250. The van der Waals surface area contributed by atoms with Gasteiger partial charge < -0.3 is 15.4 Å². The van der Waals surface area contributed by atoms with Crippen LogP contribution in [0, 0.1) is 0 Å². The summed E-state index contributed by atoms with van der Waals surface area (Å²) in [7, 11) is 1.53. The molecule has 0 aliphatic heterocycles. The summed E-state index contributed by atoms with van der Waals surface area (Å²) in [4.78, 5) is 35.3. The van der Waals surface area contributed by atoms with Crippen molar-refractivity contribution < 1.29 is 19.1 Å². The Morgan fingerprint density at radius 1 is 1.18 bits per heavy atom. The summed E-state index contributed by atoms with van der Waals surface area (Å²) in [6.45, 7) is -0.388. The number of hydrogen-bond donors (Lipinski definition) is 2. The first-order chi connectivity index (χ1) is 10.6. The first-order valence-corrected chi connectivity index (χ1v) is 7.30. The Bertz CT molecular complexity index is 683. The van der Waals surface area contributed by atoms with E-state index in [1.807, 2.05) is 0 Å². The molecular weight excluding hydrogens is 304 g/mol. The molecule has 7 heteroatoms. The van der Waals surface area contributed by atoms with E-state index in [1.54, 1.807) is 35.7 Å². The Labute approximate surface area is 131 Å². The van der Waals surface area contributed by atoms with E-state index in [1.165, 1.54) is 24.5 Å². The van der Waals surface area contributed by atoms with Crippen molar-refractivity contribution >= 4 is 34.8 Å². The molecule has 22 heavy (non-hydrogen) atoms. The number of nitrogens with one attached hydrogen (secondary N) is 2. The quantitative estimate of drug-likeness (QED) is 0.825. The molecule has 0 unspecified atom stereocenters. The molecule has 0 aliphatic carbocycles. The number of rotatable bonds is 5. The van der Waals surface area contributed by atoms with Crippen LogP contribution >= 0.6 is 11.3 Å². The fourth-order valence-electron chi connectivity index (χ4n) is 1.68. The largest absolute Gasteiger partial charge is 0.451 e. The van der Waals surface area contributed by atoms with E-state index >= 15 is 0 Å². The molecule has 0 saturated heterocycles. The molecule has 0 atom stereocenters. The van der Waals surface area contributed by atoms with Crippen molar-refractivity contribution in [2.24, 2.45) is 0 Å². The molecule has 0 spiro atoms. The molecule has 2 N–H and O–H groups in total. The molecule has 0 saturated carbocycles. The van der Waals surface area contributed by atoms with Crippen molar-refractivity contribution in [3.05, 3.63) is 52.2 Å². The van der Waals surface area contributed by atoms with Crippen LogP contribution in [0.15, 0.2) is 41.8 Å². The molecule has 0 radical (unpaired) electrons. The number of benzene rings is 1. The Morgan fingerprint density at radius 3 is 2.68 bits per heavy atom. The summed E-state index contributed by atoms with van der Waals surface area (Å²) in [5, 5.41) is 6.82. The Kier molecular flexibility index (Phi) is 5.26. The van der Waals surface area contributed by atoms with Gasteiger partial charge in [0.1, 0.15) is 4.88 Å². The van der Waals surface area contributed by atoms with Crippen LogP contribution in [0.5, 0.6) is 0 Å². The first-order valence-electron chi connectivity index (χ1n) is 6.43. The van der Waals surface area contributed by atoms with E-state index in [9.17, 15) is 14.4 Å². The number of amides is 2. The maximum absolute atomic E-state index is 11.8. The second kappa shape index (κ2) is 7.37. The van der Waals surface area contributed by atoms with Gasteiger partial charge in [-0.1, -0.05) is 12.1 Å². The van der Waals surface area contributed by atoms with Crippen LogP contribution in [0.4, 0.5) is 5.69 Å². The summed E-state index contributed by atoms with van der Waals surface area (Å²) in [5.41, 5.74) is 0.883. The van der Waals surface area contributed by atoms with Crippen molar-refractivity contribution in [3.63, 3.8) is 0 Å². The van der Waals surface area contributed by atoms with Crippen LogP contribution in [0.3, 0.4) is 0 Å². The van der Waals surface area contributed by atoms with Crippen LogP contribution in [0.25, 0.3) is 0 Å². The zero-order chi connectivity index (χ0) is 15.9. The Balaban J connectivity index is 1.89. The molecule has 6 nitrogen and oxygen atoms in total. The van der Waals surface area contributed by atoms with Gasteiger partial charge in [0.15, 0.2) is 6.61 Å². The number of esters is 1. The lowest BCUT2D eigenvalue weighted by Crippen LogP contribution is -2.21. The number of thiophene rings is 1. The maximum atomic E-state index is 11.8. The van der Waals surface area contributed by atoms with Crippen LogP contribution < -0.4 is 10.6 Å². The van der Waals surface area contributed by atoms with Gasteiger partial charge in [0.05, 0.1) is 0 Å². The number of hydrogen-bond acceptors (Lipinski definition) is 5. The second-order valence-corrected chi connectivity index (χ2v) is 5.21. The average Bonchev–Trinajstić information content (AvgIpc) is 3.06. The van der Waals surface area contributed by atoms with Gasteiger partial charge in [-0.3, -0.25) is 9.59 Å². The maximum Gasteiger partial charge on any atom is 0.348 e. The van der Waals surface area contributed by atoms with Gasteiger partial charge in [-0.05, 0) is 29.6 Å². The van der Waals surface area contributed by atoms with E-state index in [-0.39, 0.29) is 12.5 Å². The number of anilines is 1. The lowest BCUT2D eigenvalue weighted by Gasteiger charge is -2.07. The van der Waals surface area contributed by atoms with Crippen LogP contribution in [-0.2, 0) is 9.53 Å². The third-order valence-electron chi connectivity index (χ3n) is 2.69. The lowest BCUT2D eigenvalue weighted by molar-refractivity contribution is -0.119. The van der Waals surface area contributed by atoms with Crippen LogP contribution in [0.1, 0.15) is 20.0 Å². The second-order valence-electron chi connectivity index (χ2n) is 4.26. The highest BCUT2D eigenvalue weighted by Crippen LogP contribution is 2.12.